The lowest BCUT2D eigenvalue weighted by Crippen LogP contribution is -2.41. The fraction of sp³-hybridized carbons (Fsp3) is 0.393. The molecule has 0 unspecified atom stereocenters. The Bertz CT molecular complexity index is 1010. The number of hydrogen-bond donors (Lipinski definition) is 0. The number of amides is 1. The van der Waals surface area contributed by atoms with E-state index in [1.807, 2.05) is 73.3 Å². The second-order valence-corrected chi connectivity index (χ2v) is 8.89. The zero-order valence-corrected chi connectivity index (χ0v) is 21.0. The molecule has 3 rings (SSSR count). The average Bonchev–Trinajstić information content (AvgIpc) is 3.24. The molecule has 1 heterocycles. The summed E-state index contributed by atoms with van der Waals surface area (Å²) in [6.07, 6.45) is 1.66. The predicted molar refractivity (Wildman–Crippen MR) is 137 cm³/mol. The van der Waals surface area contributed by atoms with Crippen LogP contribution in [0.3, 0.4) is 0 Å². The van der Waals surface area contributed by atoms with E-state index >= 15 is 0 Å². The van der Waals surface area contributed by atoms with Crippen LogP contribution in [0.15, 0.2) is 71.1 Å². The number of carbonyl (C=O) groups is 1. The highest BCUT2D eigenvalue weighted by Crippen LogP contribution is 2.15. The van der Waals surface area contributed by atoms with Crippen LogP contribution in [0.25, 0.3) is 0 Å². The molecule has 0 fully saturated rings. The van der Waals surface area contributed by atoms with E-state index in [1.54, 1.807) is 0 Å². The van der Waals surface area contributed by atoms with Gasteiger partial charge in [0, 0.05) is 37.9 Å². The number of benzene rings is 2. The van der Waals surface area contributed by atoms with Gasteiger partial charge in [0.15, 0.2) is 0 Å². The Morgan fingerprint density at radius 3 is 2.47 bits per heavy atom. The number of ether oxygens (including phenoxy) is 1. The quantitative estimate of drug-likeness (QED) is 0.275. The van der Waals surface area contributed by atoms with Crippen molar-refractivity contribution in [1.82, 2.24) is 9.80 Å². The molecule has 0 radical (unpaired) electrons. The molecule has 0 saturated heterocycles. The zero-order chi connectivity index (χ0) is 24.2. The first kappa shape index (κ1) is 26.0. The van der Waals surface area contributed by atoms with Crippen LogP contribution >= 0.6 is 11.6 Å². The first-order valence-corrected chi connectivity index (χ1v) is 12.3. The van der Waals surface area contributed by atoms with Crippen LogP contribution in [0.4, 0.5) is 0 Å². The van der Waals surface area contributed by atoms with Crippen molar-refractivity contribution >= 4 is 17.5 Å². The van der Waals surface area contributed by atoms with Gasteiger partial charge in [0.2, 0.25) is 5.91 Å². The van der Waals surface area contributed by atoms with E-state index in [1.165, 1.54) is 5.56 Å². The van der Waals surface area contributed by atoms with E-state index in [2.05, 4.69) is 17.0 Å². The van der Waals surface area contributed by atoms with Gasteiger partial charge in [-0.25, -0.2) is 0 Å². The summed E-state index contributed by atoms with van der Waals surface area (Å²) in [6.45, 7) is 8.14. The minimum absolute atomic E-state index is 0.0865. The van der Waals surface area contributed by atoms with Crippen molar-refractivity contribution in [3.63, 3.8) is 0 Å². The molecule has 0 N–H and O–H groups in total. The van der Waals surface area contributed by atoms with E-state index in [4.69, 9.17) is 20.8 Å². The van der Waals surface area contributed by atoms with Crippen molar-refractivity contribution in [2.45, 2.75) is 39.8 Å². The van der Waals surface area contributed by atoms with Gasteiger partial charge in [-0.2, -0.15) is 0 Å². The van der Waals surface area contributed by atoms with Gasteiger partial charge < -0.3 is 14.1 Å². The monoisotopic (exact) mass is 482 g/mol. The summed E-state index contributed by atoms with van der Waals surface area (Å²) < 4.78 is 11.3. The number of rotatable bonds is 14. The third kappa shape index (κ3) is 8.98. The van der Waals surface area contributed by atoms with E-state index in [0.29, 0.717) is 44.4 Å². The maximum Gasteiger partial charge on any atom is 0.237 e. The summed E-state index contributed by atoms with van der Waals surface area (Å²) in [5.41, 5.74) is 2.30. The van der Waals surface area contributed by atoms with Crippen molar-refractivity contribution < 1.29 is 13.9 Å². The standard InChI is InChI=1S/C28H35ClN2O3/c1-3-33-18-8-16-30(20-25-11-7-12-26(29)19-25)22-28(32)31(21-27-14-13-23(2)34-27)17-15-24-9-5-4-6-10-24/h4-7,9-14,19H,3,8,15-18,20-22H2,1-2H3. The third-order valence-corrected chi connectivity index (χ3v) is 5.86. The SMILES string of the molecule is CCOCCCN(CC(=O)N(CCc1ccccc1)Cc1ccc(C)o1)Cc1cccc(Cl)c1. The van der Waals surface area contributed by atoms with Crippen LogP contribution in [0.5, 0.6) is 0 Å². The smallest absolute Gasteiger partial charge is 0.237 e. The lowest BCUT2D eigenvalue weighted by Gasteiger charge is -2.27. The molecule has 3 aromatic rings. The second-order valence-electron chi connectivity index (χ2n) is 8.45. The fourth-order valence-corrected chi connectivity index (χ4v) is 4.11. The molecule has 5 nitrogen and oxygen atoms in total. The van der Waals surface area contributed by atoms with Gasteiger partial charge in [0.05, 0.1) is 13.1 Å². The molecule has 0 bridgehead atoms. The Morgan fingerprint density at radius 1 is 0.971 bits per heavy atom. The summed E-state index contributed by atoms with van der Waals surface area (Å²) in [5, 5.41) is 0.704. The first-order chi connectivity index (χ1) is 16.5. The van der Waals surface area contributed by atoms with Crippen LogP contribution in [0, 0.1) is 6.92 Å². The van der Waals surface area contributed by atoms with Gasteiger partial charge >= 0.3 is 0 Å². The van der Waals surface area contributed by atoms with E-state index in [9.17, 15) is 4.79 Å². The summed E-state index contributed by atoms with van der Waals surface area (Å²) in [7, 11) is 0. The van der Waals surface area contributed by atoms with Gasteiger partial charge in [0.25, 0.3) is 0 Å². The van der Waals surface area contributed by atoms with Gasteiger partial charge in [-0.05, 0) is 62.1 Å². The van der Waals surface area contributed by atoms with Crippen LogP contribution in [0.2, 0.25) is 5.02 Å². The lowest BCUT2D eigenvalue weighted by molar-refractivity contribution is -0.133. The molecule has 1 aromatic heterocycles. The maximum atomic E-state index is 13.5. The molecular weight excluding hydrogens is 448 g/mol. The Kier molecular flexibility index (Phi) is 10.7. The van der Waals surface area contributed by atoms with Crippen LogP contribution in [0.1, 0.15) is 36.0 Å². The number of furan rings is 1. The highest BCUT2D eigenvalue weighted by Gasteiger charge is 2.19. The number of nitrogens with zero attached hydrogens (tertiary/aromatic N) is 2. The summed E-state index contributed by atoms with van der Waals surface area (Å²) >= 11 is 6.20. The predicted octanol–water partition coefficient (Wildman–Crippen LogP) is 5.74. The third-order valence-electron chi connectivity index (χ3n) is 5.63. The molecular formula is C28H35ClN2O3. The molecule has 34 heavy (non-hydrogen) atoms. The second kappa shape index (κ2) is 14.0. The highest BCUT2D eigenvalue weighted by molar-refractivity contribution is 6.30. The molecule has 2 aromatic carbocycles. The van der Waals surface area contributed by atoms with Crippen molar-refractivity contribution in [1.29, 1.82) is 0 Å². The van der Waals surface area contributed by atoms with Gasteiger partial charge in [0.1, 0.15) is 11.5 Å². The molecule has 182 valence electrons. The minimum atomic E-state index is 0.0865. The van der Waals surface area contributed by atoms with Crippen LogP contribution in [-0.2, 0) is 29.0 Å². The van der Waals surface area contributed by atoms with Crippen molar-refractivity contribution in [3.8, 4) is 0 Å². The van der Waals surface area contributed by atoms with Gasteiger partial charge in [-0.3, -0.25) is 9.69 Å². The Labute approximate surface area is 208 Å². The van der Waals surface area contributed by atoms with Gasteiger partial charge in [-0.15, -0.1) is 0 Å². The normalized spacial score (nSPS) is 11.2. The number of carbonyl (C=O) groups excluding carboxylic acids is 1. The number of aryl methyl sites for hydroxylation is 1. The molecule has 0 spiro atoms. The summed E-state index contributed by atoms with van der Waals surface area (Å²) in [4.78, 5) is 17.6. The topological polar surface area (TPSA) is 45.9 Å². The zero-order valence-electron chi connectivity index (χ0n) is 20.2. The maximum absolute atomic E-state index is 13.5. The molecule has 0 aliphatic heterocycles. The van der Waals surface area contributed by atoms with Crippen LogP contribution in [-0.4, -0.2) is 48.6 Å². The number of halogens is 1. The molecule has 0 aliphatic carbocycles. The number of hydrogen-bond acceptors (Lipinski definition) is 4. The minimum Gasteiger partial charge on any atom is -0.464 e. The summed E-state index contributed by atoms with van der Waals surface area (Å²) in [5.74, 6) is 1.74. The largest absolute Gasteiger partial charge is 0.464 e. The van der Waals surface area contributed by atoms with Crippen molar-refractivity contribution in [2.75, 3.05) is 32.8 Å². The fourth-order valence-electron chi connectivity index (χ4n) is 3.89. The van der Waals surface area contributed by atoms with Gasteiger partial charge in [-0.1, -0.05) is 54.1 Å². The average molecular weight is 483 g/mol. The Hall–Kier alpha value is -2.60. The molecule has 0 saturated carbocycles. The Morgan fingerprint density at radius 2 is 1.76 bits per heavy atom. The van der Waals surface area contributed by atoms with E-state index in [-0.39, 0.29) is 5.91 Å². The van der Waals surface area contributed by atoms with Crippen molar-refractivity contribution in [2.24, 2.45) is 0 Å². The molecule has 0 atom stereocenters. The van der Waals surface area contributed by atoms with Crippen LogP contribution < -0.4 is 0 Å². The van der Waals surface area contributed by atoms with Crippen molar-refractivity contribution in [3.05, 3.63) is 94.4 Å². The van der Waals surface area contributed by atoms with E-state index < -0.39 is 0 Å². The lowest BCUT2D eigenvalue weighted by atomic mass is 10.1. The molecule has 6 heteroatoms. The highest BCUT2D eigenvalue weighted by atomic mass is 35.5. The summed E-state index contributed by atoms with van der Waals surface area (Å²) in [6, 6.07) is 22.0. The Balaban J connectivity index is 1.69. The van der Waals surface area contributed by atoms with E-state index in [0.717, 1.165) is 36.5 Å². The molecule has 0 aliphatic rings. The first-order valence-electron chi connectivity index (χ1n) is 11.9. The molecule has 1 amide bonds.